The fourth-order valence-electron chi connectivity index (χ4n) is 4.19. The third-order valence-electron chi connectivity index (χ3n) is 5.63. The van der Waals surface area contributed by atoms with Crippen LogP contribution in [0.2, 0.25) is 0 Å². The van der Waals surface area contributed by atoms with Gasteiger partial charge in [0.25, 0.3) is 0 Å². The van der Waals surface area contributed by atoms with E-state index in [1.54, 1.807) is 6.07 Å². The first-order chi connectivity index (χ1) is 12.9. The van der Waals surface area contributed by atoms with E-state index in [9.17, 15) is 9.90 Å². The number of urea groups is 1. The fraction of sp³-hybridized carbons (Fsp3) is 0.524. The van der Waals surface area contributed by atoms with Gasteiger partial charge in [-0.3, -0.25) is 4.68 Å². The Morgan fingerprint density at radius 1 is 1.33 bits per heavy atom. The van der Waals surface area contributed by atoms with Gasteiger partial charge in [0.2, 0.25) is 0 Å². The van der Waals surface area contributed by atoms with Crippen LogP contribution in [-0.4, -0.2) is 38.9 Å². The monoisotopic (exact) mass is 370 g/mol. The van der Waals surface area contributed by atoms with Crippen LogP contribution in [0, 0.1) is 13.8 Å². The third-order valence-corrected chi connectivity index (χ3v) is 5.63. The number of nitrogens with zero attached hydrogens (tertiary/aromatic N) is 3. The number of aryl methyl sites for hydroxylation is 2. The molecule has 1 aromatic carbocycles. The van der Waals surface area contributed by atoms with Gasteiger partial charge in [0.05, 0.1) is 11.7 Å². The van der Waals surface area contributed by atoms with Crippen molar-refractivity contribution in [3.8, 4) is 5.75 Å². The van der Waals surface area contributed by atoms with Crippen LogP contribution >= 0.6 is 0 Å². The molecule has 0 saturated carbocycles. The first kappa shape index (κ1) is 19.3. The summed E-state index contributed by atoms with van der Waals surface area (Å²) in [7, 11) is 0. The Labute approximate surface area is 161 Å². The molecule has 0 radical (unpaired) electrons. The smallest absolute Gasteiger partial charge is 0.317 e. The molecule has 2 N–H and O–H groups in total. The molecule has 146 valence electrons. The van der Waals surface area contributed by atoms with Crippen LogP contribution in [0.25, 0.3) is 0 Å². The zero-order valence-corrected chi connectivity index (χ0v) is 16.7. The molecule has 1 atom stereocenters. The zero-order chi connectivity index (χ0) is 19.6. The van der Waals surface area contributed by atoms with E-state index in [0.29, 0.717) is 11.7 Å². The molecule has 0 spiro atoms. The number of hydrogen-bond donors (Lipinski definition) is 2. The summed E-state index contributed by atoms with van der Waals surface area (Å²) in [5.41, 5.74) is 4.36. The van der Waals surface area contributed by atoms with Gasteiger partial charge < -0.3 is 15.3 Å². The van der Waals surface area contributed by atoms with E-state index >= 15 is 0 Å². The molecular formula is C21H30N4O2. The van der Waals surface area contributed by atoms with Crippen LogP contribution < -0.4 is 5.32 Å². The Balaban J connectivity index is 1.59. The average Bonchev–Trinajstić information content (AvgIpc) is 2.95. The highest BCUT2D eigenvalue weighted by Gasteiger charge is 2.26. The van der Waals surface area contributed by atoms with E-state index in [-0.39, 0.29) is 12.1 Å². The van der Waals surface area contributed by atoms with Crippen molar-refractivity contribution in [1.82, 2.24) is 20.0 Å². The minimum Gasteiger partial charge on any atom is -0.508 e. The van der Waals surface area contributed by atoms with Crippen molar-refractivity contribution in [2.75, 3.05) is 13.1 Å². The molecule has 6 heteroatoms. The molecule has 27 heavy (non-hydrogen) atoms. The minimum absolute atomic E-state index is 0.0140. The van der Waals surface area contributed by atoms with Gasteiger partial charge in [-0.1, -0.05) is 12.1 Å². The number of carbonyl (C=O) groups excluding carboxylic acids is 1. The molecule has 2 amide bonds. The standard InChI is InChI=1S/C21H30N4O2/c1-5-25-16(4)20(15(3)23-25)14(2)22-21(27)24-11-9-17(10-12-24)18-7-6-8-19(26)13-18/h6-8,13-14,17,26H,5,9-12H2,1-4H3,(H,22,27). The first-order valence-electron chi connectivity index (χ1n) is 9.79. The number of hydrogen-bond acceptors (Lipinski definition) is 3. The number of phenolic OH excluding ortho intramolecular Hbond substituents is 1. The number of benzene rings is 1. The Bertz CT molecular complexity index is 807. The summed E-state index contributed by atoms with van der Waals surface area (Å²) in [5.74, 6) is 0.700. The summed E-state index contributed by atoms with van der Waals surface area (Å²) in [6, 6.07) is 7.38. The Morgan fingerprint density at radius 2 is 2.04 bits per heavy atom. The highest BCUT2D eigenvalue weighted by Crippen LogP contribution is 2.30. The van der Waals surface area contributed by atoms with Crippen LogP contribution in [0.5, 0.6) is 5.75 Å². The van der Waals surface area contributed by atoms with Crippen LogP contribution in [0.1, 0.15) is 61.2 Å². The molecule has 2 heterocycles. The molecule has 2 aromatic rings. The second kappa shape index (κ2) is 8.03. The van der Waals surface area contributed by atoms with Gasteiger partial charge in [-0.25, -0.2) is 4.79 Å². The molecule has 1 aliphatic heterocycles. The van der Waals surface area contributed by atoms with E-state index in [1.165, 1.54) is 0 Å². The summed E-state index contributed by atoms with van der Waals surface area (Å²) in [6.07, 6.45) is 1.83. The van der Waals surface area contributed by atoms with E-state index in [1.807, 2.05) is 35.6 Å². The fourth-order valence-corrected chi connectivity index (χ4v) is 4.19. The number of amides is 2. The van der Waals surface area contributed by atoms with E-state index < -0.39 is 0 Å². The summed E-state index contributed by atoms with van der Waals surface area (Å²) in [4.78, 5) is 14.6. The van der Waals surface area contributed by atoms with Crippen molar-refractivity contribution < 1.29 is 9.90 Å². The van der Waals surface area contributed by atoms with E-state index in [4.69, 9.17) is 0 Å². The molecule has 0 aliphatic carbocycles. The van der Waals surface area contributed by atoms with Crippen LogP contribution in [0.3, 0.4) is 0 Å². The molecule has 6 nitrogen and oxygen atoms in total. The molecule has 1 saturated heterocycles. The van der Waals surface area contributed by atoms with Crippen molar-refractivity contribution in [1.29, 1.82) is 0 Å². The van der Waals surface area contributed by atoms with Crippen molar-refractivity contribution in [2.45, 2.75) is 59.0 Å². The van der Waals surface area contributed by atoms with Crippen molar-refractivity contribution in [2.24, 2.45) is 0 Å². The van der Waals surface area contributed by atoms with Gasteiger partial charge in [0, 0.05) is 30.9 Å². The zero-order valence-electron chi connectivity index (χ0n) is 16.7. The van der Waals surface area contributed by atoms with Gasteiger partial charge in [-0.15, -0.1) is 0 Å². The van der Waals surface area contributed by atoms with Crippen LogP contribution in [0.15, 0.2) is 24.3 Å². The topological polar surface area (TPSA) is 70.4 Å². The number of rotatable bonds is 4. The minimum atomic E-state index is -0.0680. The number of carbonyl (C=O) groups is 1. The normalized spacial score (nSPS) is 16.4. The number of piperidine rings is 1. The lowest BCUT2D eigenvalue weighted by Gasteiger charge is -2.33. The summed E-state index contributed by atoms with van der Waals surface area (Å²) >= 11 is 0. The lowest BCUT2D eigenvalue weighted by atomic mass is 9.89. The largest absolute Gasteiger partial charge is 0.508 e. The Kier molecular flexibility index (Phi) is 5.73. The number of phenols is 1. The lowest BCUT2D eigenvalue weighted by molar-refractivity contribution is 0.178. The van der Waals surface area contributed by atoms with Gasteiger partial charge >= 0.3 is 6.03 Å². The van der Waals surface area contributed by atoms with Gasteiger partial charge in [0.1, 0.15) is 5.75 Å². The molecule has 0 bridgehead atoms. The first-order valence-corrected chi connectivity index (χ1v) is 9.79. The second-order valence-electron chi connectivity index (χ2n) is 7.43. The van der Waals surface area contributed by atoms with Gasteiger partial charge in [-0.05, 0) is 64.2 Å². The Hall–Kier alpha value is -2.50. The van der Waals surface area contributed by atoms with Crippen molar-refractivity contribution in [3.05, 3.63) is 46.8 Å². The van der Waals surface area contributed by atoms with Gasteiger partial charge in [-0.2, -0.15) is 5.10 Å². The molecule has 1 fully saturated rings. The molecule has 1 aromatic heterocycles. The quantitative estimate of drug-likeness (QED) is 0.858. The number of nitrogens with one attached hydrogen (secondary N) is 1. The van der Waals surface area contributed by atoms with Crippen molar-refractivity contribution in [3.63, 3.8) is 0 Å². The maximum atomic E-state index is 12.7. The number of aromatic hydroxyl groups is 1. The molecular weight excluding hydrogens is 340 g/mol. The summed E-state index contributed by atoms with van der Waals surface area (Å²) in [6.45, 7) is 10.4. The van der Waals surface area contributed by atoms with Crippen LogP contribution in [0.4, 0.5) is 4.79 Å². The maximum absolute atomic E-state index is 12.7. The SMILES string of the molecule is CCn1nc(C)c(C(C)NC(=O)N2CCC(c3cccc(O)c3)CC2)c1C. The Morgan fingerprint density at radius 3 is 2.63 bits per heavy atom. The highest BCUT2D eigenvalue weighted by molar-refractivity contribution is 5.75. The number of aromatic nitrogens is 2. The summed E-state index contributed by atoms with van der Waals surface area (Å²) in [5, 5.41) is 17.4. The molecule has 3 rings (SSSR count). The van der Waals surface area contributed by atoms with Gasteiger partial charge in [0.15, 0.2) is 0 Å². The average molecular weight is 370 g/mol. The molecule has 1 aliphatic rings. The summed E-state index contributed by atoms with van der Waals surface area (Å²) < 4.78 is 1.98. The maximum Gasteiger partial charge on any atom is 0.317 e. The number of likely N-dealkylation sites (tertiary alicyclic amines) is 1. The van der Waals surface area contributed by atoms with Crippen molar-refractivity contribution >= 4 is 6.03 Å². The lowest BCUT2D eigenvalue weighted by Crippen LogP contribution is -2.45. The predicted octanol–water partition coefficient (Wildman–Crippen LogP) is 3.88. The predicted molar refractivity (Wildman–Crippen MR) is 106 cm³/mol. The van der Waals surface area contributed by atoms with Crippen LogP contribution in [-0.2, 0) is 6.54 Å². The highest BCUT2D eigenvalue weighted by atomic mass is 16.3. The second-order valence-corrected chi connectivity index (χ2v) is 7.43. The third kappa shape index (κ3) is 4.10. The van der Waals surface area contributed by atoms with E-state index in [2.05, 4.69) is 30.3 Å². The molecule has 1 unspecified atom stereocenters. The van der Waals surface area contributed by atoms with E-state index in [0.717, 1.165) is 55.0 Å².